The molecule has 0 aliphatic carbocycles. The van der Waals surface area contributed by atoms with Gasteiger partial charge in [0.25, 0.3) is 0 Å². The number of rotatable bonds is 2. The van der Waals surface area contributed by atoms with E-state index in [9.17, 15) is 4.79 Å². The Morgan fingerprint density at radius 1 is 1.58 bits per heavy atom. The van der Waals surface area contributed by atoms with Gasteiger partial charge in [-0.25, -0.2) is 4.79 Å². The number of hydrogen-bond acceptors (Lipinski definition) is 3. The van der Waals surface area contributed by atoms with Crippen LogP contribution in [0, 0.1) is 6.92 Å². The molecular weight excluding hydrogens is 156 g/mol. The first-order valence-electron chi connectivity index (χ1n) is 3.86. The van der Waals surface area contributed by atoms with Crippen molar-refractivity contribution in [3.63, 3.8) is 0 Å². The van der Waals surface area contributed by atoms with Crippen LogP contribution in [0.4, 0.5) is 0 Å². The highest BCUT2D eigenvalue weighted by molar-refractivity contribution is 5.90. The topological polar surface area (TPSA) is 39.4 Å². The molecule has 0 aliphatic heterocycles. The predicted octanol–water partition coefficient (Wildman–Crippen LogP) is 2.15. The van der Waals surface area contributed by atoms with E-state index in [4.69, 9.17) is 9.15 Å². The Kier molecular flexibility index (Phi) is 2.53. The largest absolute Gasteiger partial charge is 0.469 e. The third kappa shape index (κ3) is 1.87. The number of hydrogen-bond donors (Lipinski definition) is 0. The van der Waals surface area contributed by atoms with Gasteiger partial charge in [0.2, 0.25) is 0 Å². The van der Waals surface area contributed by atoms with Gasteiger partial charge in [-0.15, -0.1) is 0 Å². The van der Waals surface area contributed by atoms with Gasteiger partial charge in [0.15, 0.2) is 0 Å². The van der Waals surface area contributed by atoms with Crippen LogP contribution in [0.5, 0.6) is 0 Å². The molecule has 0 N–H and O–H groups in total. The zero-order valence-electron chi connectivity index (χ0n) is 7.46. The Morgan fingerprint density at radius 2 is 2.25 bits per heavy atom. The summed E-state index contributed by atoms with van der Waals surface area (Å²) >= 11 is 0. The molecule has 3 nitrogen and oxygen atoms in total. The van der Waals surface area contributed by atoms with E-state index < -0.39 is 0 Å². The number of aryl methyl sites for hydroxylation is 1. The van der Waals surface area contributed by atoms with Crippen molar-refractivity contribution in [2.75, 3.05) is 0 Å². The maximum absolute atomic E-state index is 11.3. The summed E-state index contributed by atoms with van der Waals surface area (Å²) in [7, 11) is 0. The van der Waals surface area contributed by atoms with Crippen LogP contribution in [0.3, 0.4) is 0 Å². The van der Waals surface area contributed by atoms with Gasteiger partial charge in [-0.05, 0) is 26.8 Å². The van der Waals surface area contributed by atoms with E-state index in [0.29, 0.717) is 11.3 Å². The predicted molar refractivity (Wildman–Crippen MR) is 44.0 cm³/mol. The van der Waals surface area contributed by atoms with Crippen LogP contribution in [-0.4, -0.2) is 12.1 Å². The van der Waals surface area contributed by atoms with Crippen LogP contribution < -0.4 is 0 Å². The Morgan fingerprint density at radius 3 is 2.67 bits per heavy atom. The summed E-state index contributed by atoms with van der Waals surface area (Å²) in [6.45, 7) is 5.36. The molecule has 0 bridgehead atoms. The Labute approximate surface area is 71.3 Å². The fourth-order valence-corrected chi connectivity index (χ4v) is 0.874. The minimum Gasteiger partial charge on any atom is -0.469 e. The maximum atomic E-state index is 11.3. The number of carbonyl (C=O) groups is 1. The molecule has 0 spiro atoms. The van der Waals surface area contributed by atoms with Crippen LogP contribution in [0.2, 0.25) is 0 Å². The van der Waals surface area contributed by atoms with Crippen molar-refractivity contribution in [1.82, 2.24) is 0 Å². The Hall–Kier alpha value is -1.25. The minimum absolute atomic E-state index is 0.0909. The number of ether oxygens (including phenoxy) is 1. The zero-order valence-corrected chi connectivity index (χ0v) is 7.46. The number of esters is 1. The fourth-order valence-electron chi connectivity index (χ4n) is 0.874. The number of carbonyl (C=O) groups excluding carboxylic acids is 1. The summed E-state index contributed by atoms with van der Waals surface area (Å²) in [5.74, 6) is 0.275. The molecule has 3 heteroatoms. The summed E-state index contributed by atoms with van der Waals surface area (Å²) in [5.41, 5.74) is 0.503. The van der Waals surface area contributed by atoms with Gasteiger partial charge in [0.1, 0.15) is 11.3 Å². The summed E-state index contributed by atoms with van der Waals surface area (Å²) in [4.78, 5) is 11.3. The Bertz CT molecular complexity index is 273. The average Bonchev–Trinajstić information content (AvgIpc) is 2.33. The molecular formula is C9H12O3. The summed E-state index contributed by atoms with van der Waals surface area (Å²) in [5, 5.41) is 0. The molecule has 1 rings (SSSR count). The van der Waals surface area contributed by atoms with Crippen LogP contribution in [-0.2, 0) is 4.74 Å². The molecule has 1 aromatic rings. The van der Waals surface area contributed by atoms with Gasteiger partial charge in [0.05, 0.1) is 12.4 Å². The van der Waals surface area contributed by atoms with E-state index in [1.807, 2.05) is 13.8 Å². The molecule has 1 aromatic heterocycles. The second-order valence-corrected chi connectivity index (χ2v) is 2.84. The molecule has 0 saturated heterocycles. The van der Waals surface area contributed by atoms with Crippen molar-refractivity contribution in [2.24, 2.45) is 0 Å². The molecule has 12 heavy (non-hydrogen) atoms. The molecule has 0 radical (unpaired) electrons. The highest BCUT2D eigenvalue weighted by Crippen LogP contribution is 2.10. The van der Waals surface area contributed by atoms with E-state index in [1.165, 1.54) is 6.26 Å². The summed E-state index contributed by atoms with van der Waals surface area (Å²) < 4.78 is 9.94. The number of furan rings is 1. The minimum atomic E-state index is -0.323. The van der Waals surface area contributed by atoms with Gasteiger partial charge in [-0.1, -0.05) is 0 Å². The van der Waals surface area contributed by atoms with Crippen molar-refractivity contribution in [2.45, 2.75) is 26.9 Å². The van der Waals surface area contributed by atoms with Crippen molar-refractivity contribution in [3.05, 3.63) is 23.7 Å². The van der Waals surface area contributed by atoms with E-state index >= 15 is 0 Å². The fraction of sp³-hybridized carbons (Fsp3) is 0.444. The van der Waals surface area contributed by atoms with Crippen LogP contribution in [0.15, 0.2) is 16.7 Å². The monoisotopic (exact) mass is 168 g/mol. The molecule has 0 saturated carbocycles. The molecule has 66 valence electrons. The molecule has 0 unspecified atom stereocenters. The average molecular weight is 168 g/mol. The first kappa shape index (κ1) is 8.84. The molecule has 0 atom stereocenters. The second-order valence-electron chi connectivity index (χ2n) is 2.84. The van der Waals surface area contributed by atoms with E-state index in [0.717, 1.165) is 0 Å². The summed E-state index contributed by atoms with van der Waals surface area (Å²) in [6.07, 6.45) is 1.39. The summed E-state index contributed by atoms with van der Waals surface area (Å²) in [6, 6.07) is 1.61. The van der Waals surface area contributed by atoms with Crippen molar-refractivity contribution in [1.29, 1.82) is 0 Å². The van der Waals surface area contributed by atoms with Gasteiger partial charge >= 0.3 is 5.97 Å². The standard InChI is InChI=1S/C9H12O3/c1-6(2)12-9(10)8-4-5-11-7(8)3/h4-6H,1-3H3. The SMILES string of the molecule is Cc1occc1C(=O)OC(C)C. The van der Waals surface area contributed by atoms with E-state index in [2.05, 4.69) is 0 Å². The van der Waals surface area contributed by atoms with Gasteiger partial charge in [-0.3, -0.25) is 0 Å². The lowest BCUT2D eigenvalue weighted by atomic mass is 10.3. The molecule has 0 aliphatic rings. The van der Waals surface area contributed by atoms with Crippen LogP contribution >= 0.6 is 0 Å². The molecule has 0 aromatic carbocycles. The van der Waals surface area contributed by atoms with Crippen LogP contribution in [0.25, 0.3) is 0 Å². The first-order chi connectivity index (χ1) is 5.61. The molecule has 0 amide bonds. The zero-order chi connectivity index (χ0) is 9.14. The highest BCUT2D eigenvalue weighted by Gasteiger charge is 2.13. The third-order valence-electron chi connectivity index (χ3n) is 1.42. The van der Waals surface area contributed by atoms with E-state index in [1.54, 1.807) is 13.0 Å². The van der Waals surface area contributed by atoms with Crippen molar-refractivity contribution in [3.8, 4) is 0 Å². The van der Waals surface area contributed by atoms with Crippen molar-refractivity contribution < 1.29 is 13.9 Å². The lowest BCUT2D eigenvalue weighted by Crippen LogP contribution is -2.11. The van der Waals surface area contributed by atoms with Gasteiger partial charge in [0, 0.05) is 0 Å². The van der Waals surface area contributed by atoms with Crippen LogP contribution in [0.1, 0.15) is 30.0 Å². The van der Waals surface area contributed by atoms with Gasteiger partial charge in [-0.2, -0.15) is 0 Å². The molecule has 0 fully saturated rings. The lowest BCUT2D eigenvalue weighted by molar-refractivity contribution is 0.0376. The highest BCUT2D eigenvalue weighted by atomic mass is 16.5. The smallest absolute Gasteiger partial charge is 0.341 e. The molecule has 1 heterocycles. The van der Waals surface area contributed by atoms with Gasteiger partial charge < -0.3 is 9.15 Å². The lowest BCUT2D eigenvalue weighted by Gasteiger charge is -2.05. The van der Waals surface area contributed by atoms with E-state index in [-0.39, 0.29) is 12.1 Å². The third-order valence-corrected chi connectivity index (χ3v) is 1.42. The maximum Gasteiger partial charge on any atom is 0.341 e. The normalized spacial score (nSPS) is 10.3. The van der Waals surface area contributed by atoms with Crippen molar-refractivity contribution >= 4 is 5.97 Å². The first-order valence-corrected chi connectivity index (χ1v) is 3.86. The Balaban J connectivity index is 2.72. The second kappa shape index (κ2) is 3.43. The quantitative estimate of drug-likeness (QED) is 0.635.